The fraction of sp³-hybridized carbons (Fsp3) is 0.286. The predicted octanol–water partition coefficient (Wildman–Crippen LogP) is 4.59. The second-order valence-electron chi connectivity index (χ2n) is 9.43. The highest BCUT2D eigenvalue weighted by atomic mass is 35.5. The van der Waals surface area contributed by atoms with Crippen molar-refractivity contribution in [1.82, 2.24) is 9.88 Å². The fourth-order valence-corrected chi connectivity index (χ4v) is 5.09. The summed E-state index contributed by atoms with van der Waals surface area (Å²) in [5, 5.41) is 19.4. The topological polar surface area (TPSA) is 104 Å². The van der Waals surface area contributed by atoms with Gasteiger partial charge in [-0.15, -0.1) is 0 Å². The van der Waals surface area contributed by atoms with Crippen molar-refractivity contribution in [2.75, 3.05) is 6.61 Å². The molecule has 7 nitrogen and oxygen atoms in total. The Kier molecular flexibility index (Phi) is 6.54. The van der Waals surface area contributed by atoms with Crippen LogP contribution in [0.4, 0.5) is 4.39 Å². The standard InChI is InChI=1S/C28H23ClFN3O4/c1-16(34)19-10-24-26(25(30)11-19)28(20-3-5-21(29)6-4-20,37-15-18-8-23(35)9-18)33(27(24)36)14-22-7-2-17(12-31)13-32-22/h2-7,10-11,13,18,23,35H,8-9,14-15H2,1H3/t18-,23+,28-/m1/s1. The van der Waals surface area contributed by atoms with E-state index in [4.69, 9.17) is 21.6 Å². The molecule has 0 unspecified atom stereocenters. The number of nitrogens with zero attached hydrogens (tertiary/aromatic N) is 3. The Morgan fingerprint density at radius 1 is 1.27 bits per heavy atom. The number of carbonyl (C=O) groups is 2. The number of ether oxygens (including phenoxy) is 1. The largest absolute Gasteiger partial charge is 0.393 e. The van der Waals surface area contributed by atoms with Crippen LogP contribution in [0.5, 0.6) is 0 Å². The SMILES string of the molecule is CC(=O)c1cc(F)c2c(c1)C(=O)N(Cc1ccc(C#N)cn1)[C@@]2(OC[C@H]1C[C@@H](O)C1)c1ccc(Cl)cc1. The summed E-state index contributed by atoms with van der Waals surface area (Å²) in [6, 6.07) is 14.4. The first kappa shape index (κ1) is 25.0. The monoisotopic (exact) mass is 519 g/mol. The molecule has 2 heterocycles. The number of aliphatic hydroxyl groups is 1. The van der Waals surface area contributed by atoms with Gasteiger partial charge in [0.15, 0.2) is 11.5 Å². The molecule has 9 heteroatoms. The lowest BCUT2D eigenvalue weighted by atomic mass is 9.83. The third kappa shape index (κ3) is 4.40. The highest BCUT2D eigenvalue weighted by Gasteiger charge is 2.55. The lowest BCUT2D eigenvalue weighted by molar-refractivity contribution is -0.139. The van der Waals surface area contributed by atoms with Crippen molar-refractivity contribution in [3.63, 3.8) is 0 Å². The molecule has 1 aliphatic heterocycles. The second kappa shape index (κ2) is 9.67. The Morgan fingerprint density at radius 2 is 2.00 bits per heavy atom. The average Bonchev–Trinajstić information content (AvgIpc) is 3.10. The van der Waals surface area contributed by atoms with E-state index >= 15 is 4.39 Å². The summed E-state index contributed by atoms with van der Waals surface area (Å²) in [7, 11) is 0. The molecule has 5 rings (SSSR count). The highest BCUT2D eigenvalue weighted by Crippen LogP contribution is 2.48. The highest BCUT2D eigenvalue weighted by molar-refractivity contribution is 6.30. The lowest BCUT2D eigenvalue weighted by Gasteiger charge is -2.42. The number of hydrogen-bond acceptors (Lipinski definition) is 6. The molecule has 1 aromatic heterocycles. The first-order valence-electron chi connectivity index (χ1n) is 11.8. The molecule has 1 fully saturated rings. The molecular weight excluding hydrogens is 497 g/mol. The minimum atomic E-state index is -1.67. The number of nitriles is 1. The van der Waals surface area contributed by atoms with Crippen LogP contribution in [0.2, 0.25) is 5.02 Å². The number of hydrogen-bond donors (Lipinski definition) is 1. The average molecular weight is 520 g/mol. The third-order valence-electron chi connectivity index (χ3n) is 6.94. The first-order chi connectivity index (χ1) is 17.7. The van der Waals surface area contributed by atoms with Crippen molar-refractivity contribution in [2.24, 2.45) is 5.92 Å². The molecule has 1 N–H and O–H groups in total. The minimum Gasteiger partial charge on any atom is -0.393 e. The number of rotatable bonds is 7. The van der Waals surface area contributed by atoms with E-state index in [2.05, 4.69) is 4.98 Å². The summed E-state index contributed by atoms with van der Waals surface area (Å²) in [6.07, 6.45) is 2.07. The number of Topliss-reactive ketones (excluding diaryl/α,β-unsaturated/α-hetero) is 1. The van der Waals surface area contributed by atoms with Crippen molar-refractivity contribution >= 4 is 23.3 Å². The summed E-state index contributed by atoms with van der Waals surface area (Å²) in [5.41, 5.74) is -0.246. The predicted molar refractivity (Wildman–Crippen MR) is 132 cm³/mol. The van der Waals surface area contributed by atoms with Crippen LogP contribution in [0.1, 0.15) is 62.9 Å². The van der Waals surface area contributed by atoms with Gasteiger partial charge in [0, 0.05) is 22.3 Å². The minimum absolute atomic E-state index is 0.0124. The van der Waals surface area contributed by atoms with Gasteiger partial charge in [0.25, 0.3) is 5.91 Å². The van der Waals surface area contributed by atoms with Crippen molar-refractivity contribution < 1.29 is 23.8 Å². The van der Waals surface area contributed by atoms with E-state index in [9.17, 15) is 14.7 Å². The molecule has 0 spiro atoms. The van der Waals surface area contributed by atoms with E-state index in [1.54, 1.807) is 36.4 Å². The number of aliphatic hydroxyl groups excluding tert-OH is 1. The van der Waals surface area contributed by atoms with Crippen molar-refractivity contribution in [2.45, 2.75) is 38.1 Å². The molecule has 0 radical (unpaired) electrons. The Labute approximate surface area is 218 Å². The smallest absolute Gasteiger partial charge is 0.257 e. The summed E-state index contributed by atoms with van der Waals surface area (Å²) in [5.74, 6) is -1.60. The molecule has 1 aliphatic carbocycles. The first-order valence-corrected chi connectivity index (χ1v) is 12.2. The summed E-state index contributed by atoms with van der Waals surface area (Å²) < 4.78 is 22.4. The van der Waals surface area contributed by atoms with Gasteiger partial charge in [-0.25, -0.2) is 4.39 Å². The van der Waals surface area contributed by atoms with Gasteiger partial charge in [-0.1, -0.05) is 23.7 Å². The number of halogens is 2. The van der Waals surface area contributed by atoms with Gasteiger partial charge in [0.2, 0.25) is 0 Å². The van der Waals surface area contributed by atoms with Crippen LogP contribution in [0, 0.1) is 23.1 Å². The summed E-state index contributed by atoms with van der Waals surface area (Å²) in [4.78, 5) is 31.7. The van der Waals surface area contributed by atoms with E-state index in [-0.39, 0.29) is 41.5 Å². The Morgan fingerprint density at radius 3 is 2.59 bits per heavy atom. The number of ketones is 1. The van der Waals surface area contributed by atoms with Crippen LogP contribution in [0.3, 0.4) is 0 Å². The molecule has 0 saturated heterocycles. The zero-order valence-electron chi connectivity index (χ0n) is 19.9. The van der Waals surface area contributed by atoms with Crippen LogP contribution in [0.15, 0.2) is 54.7 Å². The van der Waals surface area contributed by atoms with Crippen molar-refractivity contribution in [1.29, 1.82) is 5.26 Å². The molecular formula is C28H23ClFN3O4. The number of benzene rings is 2. The molecule has 2 aliphatic rings. The van der Waals surface area contributed by atoms with Gasteiger partial charge in [-0.3, -0.25) is 19.5 Å². The second-order valence-corrected chi connectivity index (χ2v) is 9.87. The lowest BCUT2D eigenvalue weighted by Crippen LogP contribution is -2.48. The van der Waals surface area contributed by atoms with E-state index in [1.165, 1.54) is 24.1 Å². The summed E-state index contributed by atoms with van der Waals surface area (Å²) in [6.45, 7) is 1.42. The third-order valence-corrected chi connectivity index (χ3v) is 7.19. The van der Waals surface area contributed by atoms with Gasteiger partial charge in [0.1, 0.15) is 11.9 Å². The molecule has 1 amide bonds. The molecule has 2 aromatic carbocycles. The molecule has 188 valence electrons. The van der Waals surface area contributed by atoms with Gasteiger partial charge in [-0.05, 0) is 62.1 Å². The molecule has 3 aromatic rings. The van der Waals surface area contributed by atoms with Gasteiger partial charge < -0.3 is 9.84 Å². The van der Waals surface area contributed by atoms with E-state index in [1.807, 2.05) is 6.07 Å². The Hall–Kier alpha value is -3.64. The zero-order valence-corrected chi connectivity index (χ0v) is 20.7. The normalized spacial score (nSPS) is 22.4. The van der Waals surface area contributed by atoms with Crippen molar-refractivity contribution in [3.05, 3.63) is 99.1 Å². The maximum absolute atomic E-state index is 15.9. The summed E-state index contributed by atoms with van der Waals surface area (Å²) >= 11 is 6.15. The zero-order chi connectivity index (χ0) is 26.3. The molecule has 0 bridgehead atoms. The van der Waals surface area contributed by atoms with Crippen LogP contribution in [0.25, 0.3) is 0 Å². The maximum atomic E-state index is 15.9. The Bertz CT molecular complexity index is 1420. The number of pyridine rings is 1. The van der Waals surface area contributed by atoms with Crippen LogP contribution in [-0.4, -0.2) is 39.4 Å². The van der Waals surface area contributed by atoms with Crippen LogP contribution < -0.4 is 0 Å². The van der Waals surface area contributed by atoms with Crippen LogP contribution >= 0.6 is 11.6 Å². The van der Waals surface area contributed by atoms with Gasteiger partial charge >= 0.3 is 0 Å². The van der Waals surface area contributed by atoms with Gasteiger partial charge in [-0.2, -0.15) is 5.26 Å². The number of carbonyl (C=O) groups excluding carboxylic acids is 2. The molecule has 1 saturated carbocycles. The fourth-order valence-electron chi connectivity index (χ4n) is 4.96. The van der Waals surface area contributed by atoms with Crippen LogP contribution in [-0.2, 0) is 17.0 Å². The van der Waals surface area contributed by atoms with Gasteiger partial charge in [0.05, 0.1) is 41.6 Å². The molecule has 37 heavy (non-hydrogen) atoms. The number of fused-ring (bicyclic) bond motifs is 1. The molecule has 1 atom stereocenters. The maximum Gasteiger partial charge on any atom is 0.257 e. The van der Waals surface area contributed by atoms with E-state index in [0.717, 1.165) is 6.07 Å². The number of aromatic nitrogens is 1. The van der Waals surface area contributed by atoms with Crippen molar-refractivity contribution in [3.8, 4) is 6.07 Å². The Balaban J connectivity index is 1.69. The quantitative estimate of drug-likeness (QED) is 0.458. The van der Waals surface area contributed by atoms with E-state index in [0.29, 0.717) is 34.7 Å². The van der Waals surface area contributed by atoms with E-state index < -0.39 is 23.6 Å². The number of amides is 1.